The van der Waals surface area contributed by atoms with E-state index in [1.807, 2.05) is 39.0 Å². The van der Waals surface area contributed by atoms with E-state index in [1.165, 1.54) is 17.3 Å². The number of hydrogen-bond donors (Lipinski definition) is 3. The normalized spacial score (nSPS) is 24.0. The predicted octanol–water partition coefficient (Wildman–Crippen LogP) is 2.94. The largest absolute Gasteiger partial charge is 0.392 e. The van der Waals surface area contributed by atoms with Gasteiger partial charge in [0.15, 0.2) is 0 Å². The molecular formula is C23H27N5O2. The van der Waals surface area contributed by atoms with E-state index in [2.05, 4.69) is 26.7 Å². The molecule has 156 valence electrons. The van der Waals surface area contributed by atoms with Gasteiger partial charge in [0.05, 0.1) is 12.3 Å². The molecule has 1 heterocycles. The number of nitriles is 1. The van der Waals surface area contributed by atoms with E-state index in [9.17, 15) is 15.2 Å². The summed E-state index contributed by atoms with van der Waals surface area (Å²) < 4.78 is 0. The number of aliphatic hydroxyl groups excluding tert-OH is 1. The summed E-state index contributed by atoms with van der Waals surface area (Å²) in [5.74, 6) is 1.05. The summed E-state index contributed by atoms with van der Waals surface area (Å²) in [5.41, 5.74) is 3.56. The molecule has 0 aliphatic heterocycles. The first-order valence-electron chi connectivity index (χ1n) is 10.4. The Kier molecular flexibility index (Phi) is 5.20. The molecule has 7 nitrogen and oxygen atoms in total. The number of aliphatic hydroxyl groups is 1. The highest BCUT2D eigenvalue weighted by molar-refractivity contribution is 5.93. The monoisotopic (exact) mass is 405 g/mol. The van der Waals surface area contributed by atoms with E-state index in [-0.39, 0.29) is 29.3 Å². The Labute approximate surface area is 176 Å². The molecule has 1 fully saturated rings. The molecule has 2 aromatic rings. The quantitative estimate of drug-likeness (QED) is 0.677. The minimum Gasteiger partial charge on any atom is -0.392 e. The highest BCUT2D eigenvalue weighted by atomic mass is 16.3. The summed E-state index contributed by atoms with van der Waals surface area (Å²) in [6, 6.07) is 8.26. The molecule has 3 N–H and O–H groups in total. The maximum Gasteiger partial charge on any atom is 0.224 e. The van der Waals surface area contributed by atoms with Crippen LogP contribution in [0.2, 0.25) is 0 Å². The van der Waals surface area contributed by atoms with Gasteiger partial charge in [0.1, 0.15) is 23.2 Å². The van der Waals surface area contributed by atoms with Crippen LogP contribution in [-0.4, -0.2) is 39.5 Å². The molecule has 2 aliphatic carbocycles. The smallest absolute Gasteiger partial charge is 0.224 e. The van der Waals surface area contributed by atoms with Gasteiger partial charge < -0.3 is 15.7 Å². The summed E-state index contributed by atoms with van der Waals surface area (Å²) in [6.07, 6.45) is 2.93. The van der Waals surface area contributed by atoms with Crippen LogP contribution in [0.4, 0.5) is 11.8 Å². The lowest BCUT2D eigenvalue weighted by Crippen LogP contribution is -2.57. The number of carbonyl (C=O) groups excluding carboxylic acids is 1. The van der Waals surface area contributed by atoms with Gasteiger partial charge in [-0.2, -0.15) is 10.2 Å². The van der Waals surface area contributed by atoms with Gasteiger partial charge in [-0.1, -0.05) is 32.0 Å². The molecule has 4 rings (SSSR count). The first-order chi connectivity index (χ1) is 14.3. The van der Waals surface area contributed by atoms with Crippen molar-refractivity contribution in [2.75, 3.05) is 17.2 Å². The average Bonchev–Trinajstić information content (AvgIpc) is 3.05. The molecule has 1 aromatic carbocycles. The molecule has 7 heteroatoms. The number of aromatic nitrogens is 2. The Hall–Kier alpha value is -2.98. The van der Waals surface area contributed by atoms with Gasteiger partial charge in [0, 0.05) is 30.3 Å². The lowest BCUT2D eigenvalue weighted by Gasteiger charge is -2.49. The number of nitrogens with one attached hydrogen (secondary N) is 2. The number of carbonyl (C=O) groups is 1. The van der Waals surface area contributed by atoms with Crippen LogP contribution >= 0.6 is 0 Å². The van der Waals surface area contributed by atoms with Gasteiger partial charge >= 0.3 is 0 Å². The molecule has 2 aliphatic rings. The summed E-state index contributed by atoms with van der Waals surface area (Å²) in [7, 11) is 0. The van der Waals surface area contributed by atoms with E-state index in [0.717, 1.165) is 5.56 Å². The van der Waals surface area contributed by atoms with Crippen LogP contribution in [0.1, 0.15) is 54.9 Å². The van der Waals surface area contributed by atoms with Crippen molar-refractivity contribution >= 4 is 17.5 Å². The van der Waals surface area contributed by atoms with Gasteiger partial charge in [-0.15, -0.1) is 0 Å². The molecular weight excluding hydrogens is 378 g/mol. The molecule has 0 radical (unpaired) electrons. The maximum absolute atomic E-state index is 12.5. The molecule has 3 atom stereocenters. The molecule has 0 spiro atoms. The number of fused-ring (bicyclic) bond motifs is 1. The number of ketones is 1. The van der Waals surface area contributed by atoms with Crippen LogP contribution in [0, 0.1) is 23.7 Å². The van der Waals surface area contributed by atoms with Crippen LogP contribution in [0.3, 0.4) is 0 Å². The predicted molar refractivity (Wildman–Crippen MR) is 114 cm³/mol. The fourth-order valence-electron chi connectivity index (χ4n) is 4.38. The first-order valence-corrected chi connectivity index (χ1v) is 10.4. The van der Waals surface area contributed by atoms with Crippen molar-refractivity contribution < 1.29 is 9.90 Å². The third-order valence-corrected chi connectivity index (χ3v) is 6.71. The zero-order valence-electron chi connectivity index (χ0n) is 17.6. The minimum atomic E-state index is -0.365. The Morgan fingerprint density at radius 1 is 1.37 bits per heavy atom. The maximum atomic E-state index is 12.5. The van der Waals surface area contributed by atoms with E-state index in [1.54, 1.807) is 0 Å². The molecule has 0 amide bonds. The summed E-state index contributed by atoms with van der Waals surface area (Å²) >= 11 is 0. The molecule has 1 saturated carbocycles. The number of nitrogens with zero attached hydrogens (tertiary/aromatic N) is 3. The second-order valence-electron chi connectivity index (χ2n) is 8.89. The Bertz CT molecular complexity index is 1030. The second kappa shape index (κ2) is 7.69. The van der Waals surface area contributed by atoms with Crippen LogP contribution in [0.15, 0.2) is 24.4 Å². The Balaban J connectivity index is 1.42. The zero-order valence-corrected chi connectivity index (χ0v) is 17.6. The van der Waals surface area contributed by atoms with Crippen LogP contribution in [0.5, 0.6) is 0 Å². The Morgan fingerprint density at radius 3 is 2.87 bits per heavy atom. The van der Waals surface area contributed by atoms with Crippen molar-refractivity contribution in [3.63, 3.8) is 0 Å². The van der Waals surface area contributed by atoms with Gasteiger partial charge in [-0.25, -0.2) is 4.98 Å². The number of Topliss-reactive ketones (excluding diaryl/α,β-unsaturated/α-hetero) is 1. The topological polar surface area (TPSA) is 111 Å². The molecule has 1 unspecified atom stereocenters. The van der Waals surface area contributed by atoms with Crippen molar-refractivity contribution in [2.24, 2.45) is 5.41 Å². The second-order valence-corrected chi connectivity index (χ2v) is 8.89. The highest BCUT2D eigenvalue weighted by Crippen LogP contribution is 2.42. The molecule has 30 heavy (non-hydrogen) atoms. The van der Waals surface area contributed by atoms with Crippen molar-refractivity contribution in [1.29, 1.82) is 5.26 Å². The van der Waals surface area contributed by atoms with Crippen LogP contribution < -0.4 is 10.6 Å². The number of rotatable bonds is 6. The fourth-order valence-corrected chi connectivity index (χ4v) is 4.38. The van der Waals surface area contributed by atoms with Gasteiger partial charge in [0.25, 0.3) is 0 Å². The molecule has 0 bridgehead atoms. The third kappa shape index (κ3) is 3.52. The third-order valence-electron chi connectivity index (χ3n) is 6.71. The number of anilines is 2. The van der Waals surface area contributed by atoms with E-state index in [0.29, 0.717) is 43.1 Å². The van der Waals surface area contributed by atoms with Crippen molar-refractivity contribution in [1.82, 2.24) is 9.97 Å². The number of hydrogen-bond acceptors (Lipinski definition) is 7. The van der Waals surface area contributed by atoms with Gasteiger partial charge in [-0.3, -0.25) is 4.79 Å². The summed E-state index contributed by atoms with van der Waals surface area (Å²) in [5, 5.41) is 25.8. The highest BCUT2D eigenvalue weighted by Gasteiger charge is 2.47. The van der Waals surface area contributed by atoms with Crippen molar-refractivity contribution in [3.8, 4) is 6.07 Å². The summed E-state index contributed by atoms with van der Waals surface area (Å²) in [4.78, 5) is 21.2. The molecule has 0 saturated heterocycles. The Morgan fingerprint density at radius 2 is 2.17 bits per heavy atom. The lowest BCUT2D eigenvalue weighted by molar-refractivity contribution is -0.119. The summed E-state index contributed by atoms with van der Waals surface area (Å²) in [6.45, 7) is 6.59. The van der Waals surface area contributed by atoms with Crippen molar-refractivity contribution in [2.45, 2.75) is 58.1 Å². The first kappa shape index (κ1) is 20.3. The minimum absolute atomic E-state index is 0.0400. The van der Waals surface area contributed by atoms with Gasteiger partial charge in [0.2, 0.25) is 5.95 Å². The lowest BCUT2D eigenvalue weighted by atomic mass is 9.64. The van der Waals surface area contributed by atoms with E-state index >= 15 is 0 Å². The fraction of sp³-hybridized carbons (Fsp3) is 0.478. The molecule has 1 aromatic heterocycles. The van der Waals surface area contributed by atoms with E-state index < -0.39 is 0 Å². The van der Waals surface area contributed by atoms with Gasteiger partial charge in [-0.05, 0) is 36.5 Å². The standard InChI is InChI=1S/C23H27N5O2/c1-13-5-4-6-15-16(18(29)9-17(13)15)7-8-25-22-26-12-14(11-24)21(28-22)27-19-10-20(30)23(19,2)3/h4-6,12,16,19-20,30H,7-10H2,1-3H3,(H2,25,26,27,28)/t16?,19-,20+/m1/s1. The number of benzene rings is 1. The number of aryl methyl sites for hydroxylation is 1. The van der Waals surface area contributed by atoms with Crippen molar-refractivity contribution in [3.05, 3.63) is 46.6 Å². The van der Waals surface area contributed by atoms with Crippen LogP contribution in [-0.2, 0) is 11.2 Å². The van der Waals surface area contributed by atoms with Crippen LogP contribution in [0.25, 0.3) is 0 Å². The average molecular weight is 406 g/mol. The zero-order chi connectivity index (χ0) is 21.5. The SMILES string of the molecule is Cc1cccc2c1CC(=O)C2CCNc1ncc(C#N)c(N[C@@H]2C[C@H](O)C2(C)C)n1. The van der Waals surface area contributed by atoms with E-state index in [4.69, 9.17) is 0 Å².